The third-order valence-electron chi connectivity index (χ3n) is 7.20. The Hall–Kier alpha value is -1.40. The van der Waals surface area contributed by atoms with Crippen LogP contribution in [0.15, 0.2) is 12.2 Å². The maximum atomic E-state index is 12.9. The summed E-state index contributed by atoms with van der Waals surface area (Å²) < 4.78 is 21.1. The lowest BCUT2D eigenvalue weighted by molar-refractivity contribution is -0.192. The van der Waals surface area contributed by atoms with E-state index in [1.54, 1.807) is 13.8 Å². The Kier molecular flexibility index (Phi) is 4.59. The number of carbonyl (C=O) groups is 2. The Morgan fingerprint density at radius 2 is 1.23 bits per heavy atom. The molecule has 0 aliphatic heterocycles. The van der Waals surface area contributed by atoms with E-state index in [0.717, 1.165) is 12.8 Å². The summed E-state index contributed by atoms with van der Waals surface area (Å²) in [4.78, 5) is 25.8. The SMILES string of the molecule is COC(C)OC(=O)C1C2CC(C1C(=O)OC(C)OC)C1C3C=CC(C3)C21. The Labute approximate surface area is 154 Å². The molecule has 0 heterocycles. The summed E-state index contributed by atoms with van der Waals surface area (Å²) in [7, 11) is 3.00. The van der Waals surface area contributed by atoms with Crippen molar-refractivity contribution in [2.75, 3.05) is 14.2 Å². The fraction of sp³-hybridized carbons (Fsp3) is 0.800. The van der Waals surface area contributed by atoms with E-state index >= 15 is 0 Å². The summed E-state index contributed by atoms with van der Waals surface area (Å²) in [5, 5.41) is 0. The first-order chi connectivity index (χ1) is 12.5. The average Bonchev–Trinajstić information content (AvgIpc) is 3.38. The summed E-state index contributed by atoms with van der Waals surface area (Å²) in [5.74, 6) is 0.923. The molecule has 3 fully saturated rings. The van der Waals surface area contributed by atoms with E-state index < -0.39 is 24.4 Å². The third-order valence-corrected chi connectivity index (χ3v) is 7.20. The summed E-state index contributed by atoms with van der Waals surface area (Å²) in [6, 6.07) is 0. The van der Waals surface area contributed by atoms with Crippen LogP contribution in [0.25, 0.3) is 0 Å². The van der Waals surface area contributed by atoms with Gasteiger partial charge in [0.1, 0.15) is 0 Å². The zero-order chi connectivity index (χ0) is 18.6. The van der Waals surface area contributed by atoms with Gasteiger partial charge in [0.2, 0.25) is 0 Å². The highest BCUT2D eigenvalue weighted by Gasteiger charge is 2.68. The number of carbonyl (C=O) groups excluding carboxylic acids is 2. The zero-order valence-electron chi connectivity index (χ0n) is 15.8. The number of hydrogen-bond donors (Lipinski definition) is 0. The number of allylic oxidation sites excluding steroid dienone is 2. The lowest BCUT2D eigenvalue weighted by Gasteiger charge is -2.40. The second kappa shape index (κ2) is 6.64. The first kappa shape index (κ1) is 18.0. The fourth-order valence-corrected chi connectivity index (χ4v) is 6.26. The van der Waals surface area contributed by atoms with Crippen LogP contribution in [0, 0.1) is 47.3 Å². The Morgan fingerprint density at radius 1 is 0.808 bits per heavy atom. The molecule has 144 valence electrons. The molecular weight excluding hydrogens is 336 g/mol. The van der Waals surface area contributed by atoms with E-state index in [-0.39, 0.29) is 23.8 Å². The minimum Gasteiger partial charge on any atom is -0.436 e. The van der Waals surface area contributed by atoms with Crippen LogP contribution in [0.2, 0.25) is 0 Å². The van der Waals surface area contributed by atoms with Gasteiger partial charge in [-0.2, -0.15) is 0 Å². The number of rotatable bonds is 6. The molecular formula is C20H28O6. The maximum absolute atomic E-state index is 12.9. The van der Waals surface area contributed by atoms with E-state index in [2.05, 4.69) is 12.2 Å². The molecule has 10 unspecified atom stereocenters. The number of fused-ring (bicyclic) bond motifs is 9. The lowest BCUT2D eigenvalue weighted by atomic mass is 9.65. The molecule has 0 amide bonds. The van der Waals surface area contributed by atoms with Gasteiger partial charge in [0.15, 0.2) is 12.6 Å². The first-order valence-corrected chi connectivity index (χ1v) is 9.61. The van der Waals surface area contributed by atoms with Gasteiger partial charge >= 0.3 is 11.9 Å². The highest BCUT2D eigenvalue weighted by Crippen LogP contribution is 2.69. The van der Waals surface area contributed by atoms with Crippen molar-refractivity contribution in [2.45, 2.75) is 39.3 Å². The molecule has 0 saturated heterocycles. The van der Waals surface area contributed by atoms with Gasteiger partial charge in [-0.05, 0) is 62.2 Å². The molecule has 0 aromatic heterocycles. The molecule has 6 heteroatoms. The van der Waals surface area contributed by atoms with Crippen molar-refractivity contribution in [3.63, 3.8) is 0 Å². The van der Waals surface area contributed by atoms with Crippen LogP contribution < -0.4 is 0 Å². The van der Waals surface area contributed by atoms with Crippen LogP contribution in [0.4, 0.5) is 0 Å². The fourth-order valence-electron chi connectivity index (χ4n) is 6.26. The quantitative estimate of drug-likeness (QED) is 0.312. The van der Waals surface area contributed by atoms with Gasteiger partial charge in [0, 0.05) is 14.2 Å². The molecule has 0 radical (unpaired) electrons. The van der Waals surface area contributed by atoms with Gasteiger partial charge in [-0.25, -0.2) is 0 Å². The van der Waals surface area contributed by atoms with Crippen LogP contribution >= 0.6 is 0 Å². The molecule has 0 aromatic rings. The standard InChI is InChI=1S/C20H28O6/c1-9(23-3)25-19(21)17-13-8-14(18(17)20(22)26-10(2)24-4)16-12-6-5-11(7-12)15(13)16/h5-6,9-18H,7-8H2,1-4H3. The van der Waals surface area contributed by atoms with E-state index in [1.165, 1.54) is 14.2 Å². The van der Waals surface area contributed by atoms with Crippen LogP contribution in [0.5, 0.6) is 0 Å². The highest BCUT2D eigenvalue weighted by atomic mass is 16.7. The van der Waals surface area contributed by atoms with Crippen molar-refractivity contribution in [3.8, 4) is 0 Å². The van der Waals surface area contributed by atoms with Gasteiger partial charge in [-0.3, -0.25) is 9.59 Å². The number of esters is 2. The highest BCUT2D eigenvalue weighted by molar-refractivity contribution is 5.84. The van der Waals surface area contributed by atoms with Gasteiger partial charge < -0.3 is 18.9 Å². The molecule has 26 heavy (non-hydrogen) atoms. The van der Waals surface area contributed by atoms with E-state index in [9.17, 15) is 9.59 Å². The number of ether oxygens (including phenoxy) is 4. The monoisotopic (exact) mass is 364 g/mol. The molecule has 10 atom stereocenters. The second-order valence-electron chi connectivity index (χ2n) is 8.20. The Balaban J connectivity index is 1.60. The molecule has 0 aromatic carbocycles. The minimum absolute atomic E-state index is 0.192. The van der Waals surface area contributed by atoms with Crippen LogP contribution in [0.3, 0.4) is 0 Å². The normalized spacial score (nSPS) is 44.0. The predicted molar refractivity (Wildman–Crippen MR) is 91.4 cm³/mol. The van der Waals surface area contributed by atoms with E-state index in [4.69, 9.17) is 18.9 Å². The van der Waals surface area contributed by atoms with E-state index in [0.29, 0.717) is 23.7 Å². The Morgan fingerprint density at radius 3 is 1.62 bits per heavy atom. The number of hydrogen-bond acceptors (Lipinski definition) is 6. The molecule has 4 aliphatic carbocycles. The van der Waals surface area contributed by atoms with Crippen molar-refractivity contribution >= 4 is 11.9 Å². The molecule has 4 aliphatic rings. The van der Waals surface area contributed by atoms with Gasteiger partial charge in [-0.1, -0.05) is 12.2 Å². The molecule has 6 nitrogen and oxygen atoms in total. The zero-order valence-corrected chi connectivity index (χ0v) is 15.8. The van der Waals surface area contributed by atoms with Crippen molar-refractivity contribution in [1.29, 1.82) is 0 Å². The molecule has 4 bridgehead atoms. The van der Waals surface area contributed by atoms with Gasteiger partial charge in [0.05, 0.1) is 11.8 Å². The molecule has 0 N–H and O–H groups in total. The predicted octanol–water partition coefficient (Wildman–Crippen LogP) is 2.38. The average molecular weight is 364 g/mol. The molecule has 4 rings (SSSR count). The smallest absolute Gasteiger partial charge is 0.312 e. The van der Waals surface area contributed by atoms with Gasteiger partial charge in [0.25, 0.3) is 0 Å². The van der Waals surface area contributed by atoms with Crippen molar-refractivity contribution < 1.29 is 28.5 Å². The molecule has 0 spiro atoms. The molecule has 3 saturated carbocycles. The summed E-state index contributed by atoms with van der Waals surface area (Å²) in [6.45, 7) is 3.38. The van der Waals surface area contributed by atoms with Crippen LogP contribution in [0.1, 0.15) is 26.7 Å². The maximum Gasteiger partial charge on any atom is 0.312 e. The lowest BCUT2D eigenvalue weighted by Crippen LogP contribution is -2.46. The topological polar surface area (TPSA) is 71.1 Å². The van der Waals surface area contributed by atoms with Crippen molar-refractivity contribution in [1.82, 2.24) is 0 Å². The summed E-state index contributed by atoms with van der Waals surface area (Å²) in [5.41, 5.74) is 0. The number of methoxy groups -OCH3 is 2. The third kappa shape index (κ3) is 2.61. The van der Waals surface area contributed by atoms with Crippen LogP contribution in [-0.4, -0.2) is 38.7 Å². The second-order valence-corrected chi connectivity index (χ2v) is 8.20. The largest absolute Gasteiger partial charge is 0.436 e. The van der Waals surface area contributed by atoms with E-state index in [1.807, 2.05) is 0 Å². The van der Waals surface area contributed by atoms with Crippen molar-refractivity contribution in [2.24, 2.45) is 47.3 Å². The minimum atomic E-state index is -0.619. The Bertz CT molecular complexity index is 565. The van der Waals surface area contributed by atoms with Crippen LogP contribution in [-0.2, 0) is 28.5 Å². The summed E-state index contributed by atoms with van der Waals surface area (Å²) in [6.07, 6.45) is 5.46. The first-order valence-electron chi connectivity index (χ1n) is 9.61. The van der Waals surface area contributed by atoms with Crippen molar-refractivity contribution in [3.05, 3.63) is 12.2 Å². The summed E-state index contributed by atoms with van der Waals surface area (Å²) >= 11 is 0. The van der Waals surface area contributed by atoms with Gasteiger partial charge in [-0.15, -0.1) is 0 Å².